The van der Waals surface area contributed by atoms with Gasteiger partial charge in [0.2, 0.25) is 0 Å². The highest BCUT2D eigenvalue weighted by atomic mass is 16.6. The number of hydrogen-bond acceptors (Lipinski definition) is 6. The van der Waals surface area contributed by atoms with E-state index in [1.165, 1.54) is 46.5 Å². The largest absolute Gasteiger partial charge is 0.497 e. The second kappa shape index (κ2) is 8.05. The van der Waals surface area contributed by atoms with Crippen LogP contribution in [0.5, 0.6) is 23.0 Å². The third kappa shape index (κ3) is 4.41. The zero-order valence-corrected chi connectivity index (χ0v) is 14.4. The maximum absolute atomic E-state index is 12.5. The maximum atomic E-state index is 12.5. The minimum Gasteiger partial charge on any atom is -0.497 e. The molecular formula is C18H19NO6. The minimum atomic E-state index is -0.475. The molecule has 0 aliphatic rings. The lowest BCUT2D eigenvalue weighted by Crippen LogP contribution is -2.13. The summed E-state index contributed by atoms with van der Waals surface area (Å²) < 4.78 is 20.6. The Labute approximate surface area is 145 Å². The van der Waals surface area contributed by atoms with Gasteiger partial charge in [0.25, 0.3) is 5.91 Å². The standard InChI is InChI=1S/C18H19NO6/c1-11(20)25-16-7-5-12(9-17(16)24-4)18(21)19-14-10-13(22-2)6-8-15(14)23-3/h5-10H,1-4H3,(H,19,21). The number of anilines is 1. The number of methoxy groups -OCH3 is 3. The van der Waals surface area contributed by atoms with E-state index in [1.54, 1.807) is 18.2 Å². The summed E-state index contributed by atoms with van der Waals surface area (Å²) in [6.45, 7) is 1.29. The van der Waals surface area contributed by atoms with E-state index in [0.29, 0.717) is 22.7 Å². The quantitative estimate of drug-likeness (QED) is 0.640. The van der Waals surface area contributed by atoms with Crippen molar-refractivity contribution in [2.75, 3.05) is 26.6 Å². The van der Waals surface area contributed by atoms with E-state index < -0.39 is 5.97 Å². The fourth-order valence-corrected chi connectivity index (χ4v) is 2.15. The van der Waals surface area contributed by atoms with Crippen LogP contribution in [0.1, 0.15) is 17.3 Å². The Morgan fingerprint density at radius 2 is 1.52 bits per heavy atom. The van der Waals surface area contributed by atoms with Crippen molar-refractivity contribution < 1.29 is 28.5 Å². The van der Waals surface area contributed by atoms with Gasteiger partial charge < -0.3 is 24.3 Å². The molecule has 0 spiro atoms. The van der Waals surface area contributed by atoms with Crippen molar-refractivity contribution in [3.63, 3.8) is 0 Å². The predicted molar refractivity (Wildman–Crippen MR) is 91.8 cm³/mol. The average Bonchev–Trinajstić information content (AvgIpc) is 2.61. The molecule has 0 bridgehead atoms. The first kappa shape index (κ1) is 18.1. The van der Waals surface area contributed by atoms with Gasteiger partial charge in [0.05, 0.1) is 27.0 Å². The first-order valence-electron chi connectivity index (χ1n) is 7.38. The summed E-state index contributed by atoms with van der Waals surface area (Å²) in [4.78, 5) is 23.6. The number of benzene rings is 2. The number of amides is 1. The number of carbonyl (C=O) groups excluding carboxylic acids is 2. The van der Waals surface area contributed by atoms with Gasteiger partial charge in [-0.25, -0.2) is 0 Å². The summed E-state index contributed by atoms with van der Waals surface area (Å²) in [7, 11) is 4.47. The Balaban J connectivity index is 2.28. The molecule has 1 amide bonds. The zero-order chi connectivity index (χ0) is 18.4. The molecule has 0 atom stereocenters. The van der Waals surface area contributed by atoms with Crippen molar-refractivity contribution in [2.45, 2.75) is 6.92 Å². The smallest absolute Gasteiger partial charge is 0.308 e. The summed E-state index contributed by atoms with van der Waals surface area (Å²) in [5.74, 6) is 0.748. The molecule has 0 saturated heterocycles. The molecule has 2 rings (SSSR count). The summed E-state index contributed by atoms with van der Waals surface area (Å²) in [6.07, 6.45) is 0. The van der Waals surface area contributed by atoms with Crippen LogP contribution in [0.4, 0.5) is 5.69 Å². The van der Waals surface area contributed by atoms with E-state index in [1.807, 2.05) is 0 Å². The Morgan fingerprint density at radius 3 is 2.12 bits per heavy atom. The normalized spacial score (nSPS) is 9.92. The SMILES string of the molecule is COc1ccc(OC)c(NC(=O)c2ccc(OC(C)=O)c(OC)c2)c1. The van der Waals surface area contributed by atoms with Crippen LogP contribution >= 0.6 is 0 Å². The number of ether oxygens (including phenoxy) is 4. The number of hydrogen-bond donors (Lipinski definition) is 1. The summed E-state index contributed by atoms with van der Waals surface area (Å²) in [6, 6.07) is 9.59. The van der Waals surface area contributed by atoms with Crippen LogP contribution in [0.25, 0.3) is 0 Å². The Kier molecular flexibility index (Phi) is 5.84. The van der Waals surface area contributed by atoms with E-state index in [2.05, 4.69) is 5.32 Å². The molecule has 0 saturated carbocycles. The van der Waals surface area contributed by atoms with Gasteiger partial charge in [-0.1, -0.05) is 0 Å². The molecule has 0 aromatic heterocycles. The number of rotatable bonds is 6. The van der Waals surface area contributed by atoms with Gasteiger partial charge >= 0.3 is 5.97 Å². The van der Waals surface area contributed by atoms with E-state index in [-0.39, 0.29) is 17.4 Å². The molecule has 2 aromatic rings. The van der Waals surface area contributed by atoms with Gasteiger partial charge in [-0.3, -0.25) is 9.59 Å². The van der Waals surface area contributed by atoms with Gasteiger partial charge in [0.15, 0.2) is 11.5 Å². The third-order valence-corrected chi connectivity index (χ3v) is 3.33. The molecular weight excluding hydrogens is 326 g/mol. The fourth-order valence-electron chi connectivity index (χ4n) is 2.15. The van der Waals surface area contributed by atoms with Crippen LogP contribution in [0.3, 0.4) is 0 Å². The summed E-state index contributed by atoms with van der Waals surface area (Å²) >= 11 is 0. The lowest BCUT2D eigenvalue weighted by atomic mass is 10.1. The Bertz CT molecular complexity index is 787. The topological polar surface area (TPSA) is 83.1 Å². The van der Waals surface area contributed by atoms with Crippen LogP contribution in [0, 0.1) is 0 Å². The first-order valence-corrected chi connectivity index (χ1v) is 7.38. The third-order valence-electron chi connectivity index (χ3n) is 3.33. The van der Waals surface area contributed by atoms with E-state index in [9.17, 15) is 9.59 Å². The molecule has 7 heteroatoms. The van der Waals surface area contributed by atoms with Crippen molar-refractivity contribution in [3.05, 3.63) is 42.0 Å². The molecule has 25 heavy (non-hydrogen) atoms. The molecule has 132 valence electrons. The molecule has 0 radical (unpaired) electrons. The lowest BCUT2D eigenvalue weighted by Gasteiger charge is -2.13. The summed E-state index contributed by atoms with van der Waals surface area (Å²) in [5.41, 5.74) is 0.799. The monoisotopic (exact) mass is 345 g/mol. The maximum Gasteiger partial charge on any atom is 0.308 e. The van der Waals surface area contributed by atoms with Crippen LogP contribution in [0.15, 0.2) is 36.4 Å². The van der Waals surface area contributed by atoms with E-state index in [4.69, 9.17) is 18.9 Å². The average molecular weight is 345 g/mol. The molecule has 0 aliphatic carbocycles. The lowest BCUT2D eigenvalue weighted by molar-refractivity contribution is -0.132. The van der Waals surface area contributed by atoms with Crippen LogP contribution in [0.2, 0.25) is 0 Å². The van der Waals surface area contributed by atoms with Crippen LogP contribution < -0.4 is 24.3 Å². The van der Waals surface area contributed by atoms with Crippen LogP contribution in [-0.2, 0) is 4.79 Å². The molecule has 0 heterocycles. The fraction of sp³-hybridized carbons (Fsp3) is 0.222. The second-order valence-electron chi connectivity index (χ2n) is 4.98. The molecule has 0 aliphatic heterocycles. The Hall–Kier alpha value is -3.22. The minimum absolute atomic E-state index is 0.241. The predicted octanol–water partition coefficient (Wildman–Crippen LogP) is 2.89. The highest BCUT2D eigenvalue weighted by Gasteiger charge is 2.15. The molecule has 1 N–H and O–H groups in total. The van der Waals surface area contributed by atoms with Crippen molar-refractivity contribution in [3.8, 4) is 23.0 Å². The second-order valence-corrected chi connectivity index (χ2v) is 4.98. The molecule has 0 fully saturated rings. The highest BCUT2D eigenvalue weighted by molar-refractivity contribution is 6.05. The van der Waals surface area contributed by atoms with Crippen molar-refractivity contribution in [2.24, 2.45) is 0 Å². The highest BCUT2D eigenvalue weighted by Crippen LogP contribution is 2.31. The number of esters is 1. The molecule has 2 aromatic carbocycles. The summed E-state index contributed by atoms with van der Waals surface area (Å²) in [5, 5.41) is 2.76. The first-order chi connectivity index (χ1) is 12.0. The van der Waals surface area contributed by atoms with Crippen LogP contribution in [-0.4, -0.2) is 33.2 Å². The van der Waals surface area contributed by atoms with Gasteiger partial charge in [0, 0.05) is 18.6 Å². The number of nitrogens with one attached hydrogen (secondary N) is 1. The molecule has 7 nitrogen and oxygen atoms in total. The zero-order valence-electron chi connectivity index (χ0n) is 14.4. The van der Waals surface area contributed by atoms with Crippen molar-refractivity contribution in [1.29, 1.82) is 0 Å². The van der Waals surface area contributed by atoms with Gasteiger partial charge in [-0.05, 0) is 30.3 Å². The number of carbonyl (C=O) groups is 2. The molecule has 0 unspecified atom stereocenters. The van der Waals surface area contributed by atoms with Crippen molar-refractivity contribution in [1.82, 2.24) is 0 Å². The Morgan fingerprint density at radius 1 is 0.840 bits per heavy atom. The van der Waals surface area contributed by atoms with E-state index >= 15 is 0 Å². The van der Waals surface area contributed by atoms with E-state index in [0.717, 1.165) is 0 Å². The van der Waals surface area contributed by atoms with Gasteiger partial charge in [-0.15, -0.1) is 0 Å². The van der Waals surface area contributed by atoms with Crippen molar-refractivity contribution >= 4 is 17.6 Å². The van der Waals surface area contributed by atoms with Gasteiger partial charge in [-0.2, -0.15) is 0 Å². The van der Waals surface area contributed by atoms with Gasteiger partial charge in [0.1, 0.15) is 11.5 Å².